The number of rotatable bonds is 14. The van der Waals surface area contributed by atoms with Gasteiger partial charge in [0, 0.05) is 24.0 Å². The Bertz CT molecular complexity index is 1810. The van der Waals surface area contributed by atoms with E-state index in [-0.39, 0.29) is 35.7 Å². The third-order valence-electron chi connectivity index (χ3n) is 8.89. The SMILES string of the molecule is COC1CCC(CC(O)C(Cc2ccccc2)NC(=O)C(CS(=O)(=O)c2cccc3ccccc23)NS(C)(=O)=O)C(C(=O)NC(C)(C)C)C1. The van der Waals surface area contributed by atoms with Crippen LogP contribution in [0.25, 0.3) is 10.8 Å². The van der Waals surface area contributed by atoms with Gasteiger partial charge in [0.05, 0.1) is 35.2 Å². The van der Waals surface area contributed by atoms with Crippen molar-refractivity contribution >= 4 is 42.4 Å². The van der Waals surface area contributed by atoms with E-state index in [0.29, 0.717) is 30.0 Å². The molecule has 0 aromatic heterocycles. The summed E-state index contributed by atoms with van der Waals surface area (Å²) in [6.45, 7) is 5.70. The van der Waals surface area contributed by atoms with Crippen molar-refractivity contribution in [3.8, 4) is 0 Å². The van der Waals surface area contributed by atoms with Gasteiger partial charge in [-0.3, -0.25) is 9.59 Å². The molecule has 11 nitrogen and oxygen atoms in total. The number of aliphatic hydroxyl groups excluding tert-OH is 1. The van der Waals surface area contributed by atoms with E-state index in [1.54, 1.807) is 43.5 Å². The van der Waals surface area contributed by atoms with Crippen LogP contribution in [0.2, 0.25) is 0 Å². The number of fused-ring (bicyclic) bond motifs is 1. The number of hydrogen-bond donors (Lipinski definition) is 4. The molecular formula is C36H49N3O8S2. The van der Waals surface area contributed by atoms with E-state index < -0.39 is 61.2 Å². The van der Waals surface area contributed by atoms with Gasteiger partial charge in [-0.15, -0.1) is 0 Å². The number of amides is 2. The molecule has 49 heavy (non-hydrogen) atoms. The van der Waals surface area contributed by atoms with E-state index in [4.69, 9.17) is 4.74 Å². The topological polar surface area (TPSA) is 168 Å². The lowest BCUT2D eigenvalue weighted by Gasteiger charge is -2.38. The normalized spacial score (nSPS) is 20.7. The first-order valence-electron chi connectivity index (χ1n) is 16.5. The van der Waals surface area contributed by atoms with Gasteiger partial charge in [-0.2, -0.15) is 0 Å². The van der Waals surface area contributed by atoms with Crippen LogP contribution < -0.4 is 15.4 Å². The van der Waals surface area contributed by atoms with E-state index in [1.165, 1.54) is 6.07 Å². The van der Waals surface area contributed by atoms with E-state index in [9.17, 15) is 31.5 Å². The molecule has 1 aliphatic rings. The Labute approximate surface area is 290 Å². The number of hydrogen-bond acceptors (Lipinski definition) is 8. The van der Waals surface area contributed by atoms with E-state index in [1.807, 2.05) is 51.1 Å². The number of sulfone groups is 1. The van der Waals surface area contributed by atoms with Gasteiger partial charge < -0.3 is 20.5 Å². The summed E-state index contributed by atoms with van der Waals surface area (Å²) in [7, 11) is -6.61. The molecule has 4 rings (SSSR count). The molecule has 13 heteroatoms. The van der Waals surface area contributed by atoms with Gasteiger partial charge in [-0.1, -0.05) is 66.7 Å². The van der Waals surface area contributed by atoms with Crippen LogP contribution in [0.5, 0.6) is 0 Å². The summed E-state index contributed by atoms with van der Waals surface area (Å²) in [4.78, 5) is 27.3. The molecule has 6 unspecified atom stereocenters. The Morgan fingerprint density at radius 3 is 2.24 bits per heavy atom. The highest BCUT2D eigenvalue weighted by Gasteiger charge is 2.39. The first kappa shape index (κ1) is 38.4. The Morgan fingerprint density at radius 2 is 1.59 bits per heavy atom. The zero-order valence-corrected chi connectivity index (χ0v) is 30.4. The van der Waals surface area contributed by atoms with Crippen molar-refractivity contribution in [3.63, 3.8) is 0 Å². The van der Waals surface area contributed by atoms with E-state index >= 15 is 0 Å². The third kappa shape index (κ3) is 11.1. The first-order valence-corrected chi connectivity index (χ1v) is 20.0. The van der Waals surface area contributed by atoms with E-state index in [2.05, 4.69) is 15.4 Å². The minimum absolute atomic E-state index is 0.0224. The molecule has 4 N–H and O–H groups in total. The lowest BCUT2D eigenvalue weighted by molar-refractivity contribution is -0.132. The fraction of sp³-hybridized carbons (Fsp3) is 0.500. The molecule has 0 bridgehead atoms. The first-order chi connectivity index (χ1) is 23.0. The predicted molar refractivity (Wildman–Crippen MR) is 190 cm³/mol. The van der Waals surface area contributed by atoms with Crippen molar-refractivity contribution in [1.82, 2.24) is 15.4 Å². The number of aliphatic hydroxyl groups is 1. The second kappa shape index (κ2) is 16.1. The molecule has 0 heterocycles. The molecule has 0 saturated heterocycles. The average molecular weight is 716 g/mol. The van der Waals surface area contributed by atoms with Crippen LogP contribution in [0.3, 0.4) is 0 Å². The van der Waals surface area contributed by atoms with Gasteiger partial charge in [-0.05, 0) is 75.8 Å². The van der Waals surface area contributed by atoms with Crippen LogP contribution >= 0.6 is 0 Å². The Balaban J connectivity index is 1.62. The molecule has 2 amide bonds. The highest BCUT2D eigenvalue weighted by molar-refractivity contribution is 7.92. The Kier molecular flexibility index (Phi) is 12.6. The van der Waals surface area contributed by atoms with Crippen LogP contribution in [-0.4, -0.2) is 82.7 Å². The number of benzene rings is 3. The minimum atomic E-state index is -4.19. The molecule has 6 atom stereocenters. The zero-order chi connectivity index (χ0) is 36.0. The highest BCUT2D eigenvalue weighted by atomic mass is 32.2. The van der Waals surface area contributed by atoms with Crippen LogP contribution in [0.15, 0.2) is 77.7 Å². The predicted octanol–water partition coefficient (Wildman–Crippen LogP) is 3.36. The lowest BCUT2D eigenvalue weighted by atomic mass is 9.73. The van der Waals surface area contributed by atoms with Crippen LogP contribution in [0, 0.1) is 11.8 Å². The number of sulfonamides is 1. The van der Waals surface area contributed by atoms with Gasteiger partial charge in [0.2, 0.25) is 21.8 Å². The van der Waals surface area contributed by atoms with Gasteiger partial charge in [0.25, 0.3) is 0 Å². The van der Waals surface area contributed by atoms with Gasteiger partial charge in [0.1, 0.15) is 6.04 Å². The fourth-order valence-electron chi connectivity index (χ4n) is 6.58. The summed E-state index contributed by atoms with van der Waals surface area (Å²) in [5, 5.41) is 18.7. The molecule has 0 spiro atoms. The number of ether oxygens (including phenoxy) is 1. The molecular weight excluding hydrogens is 667 g/mol. The number of carbonyl (C=O) groups excluding carboxylic acids is 2. The van der Waals surface area contributed by atoms with Crippen molar-refractivity contribution in [2.24, 2.45) is 11.8 Å². The average Bonchev–Trinajstić information content (AvgIpc) is 3.02. The fourth-order valence-corrected chi connectivity index (χ4v) is 9.05. The summed E-state index contributed by atoms with van der Waals surface area (Å²) in [5.74, 6) is -2.53. The number of methoxy groups -OCH3 is 1. The van der Waals surface area contributed by atoms with Crippen LogP contribution in [0.4, 0.5) is 0 Å². The van der Waals surface area contributed by atoms with Gasteiger partial charge in [-0.25, -0.2) is 21.6 Å². The van der Waals surface area contributed by atoms with Crippen LogP contribution in [-0.2, 0) is 40.6 Å². The minimum Gasteiger partial charge on any atom is -0.391 e. The number of carbonyl (C=O) groups is 2. The monoisotopic (exact) mass is 715 g/mol. The lowest BCUT2D eigenvalue weighted by Crippen LogP contribution is -2.55. The second-order valence-electron chi connectivity index (χ2n) is 14.1. The van der Waals surface area contributed by atoms with Crippen molar-refractivity contribution < 1.29 is 36.3 Å². The summed E-state index contributed by atoms with van der Waals surface area (Å²) in [6.07, 6.45) is 1.77. The smallest absolute Gasteiger partial charge is 0.239 e. The van der Waals surface area contributed by atoms with Crippen molar-refractivity contribution in [2.45, 2.75) is 87.6 Å². The highest BCUT2D eigenvalue weighted by Crippen LogP contribution is 2.36. The van der Waals surface area contributed by atoms with Crippen LogP contribution in [0.1, 0.15) is 52.0 Å². The molecule has 1 fully saturated rings. The maximum Gasteiger partial charge on any atom is 0.239 e. The molecule has 0 aliphatic heterocycles. The molecule has 0 radical (unpaired) electrons. The zero-order valence-electron chi connectivity index (χ0n) is 28.8. The molecule has 268 valence electrons. The third-order valence-corrected chi connectivity index (χ3v) is 11.4. The summed E-state index contributed by atoms with van der Waals surface area (Å²) < 4.78 is 60.2. The maximum absolute atomic E-state index is 13.9. The molecule has 1 aliphatic carbocycles. The molecule has 3 aromatic rings. The standard InChI is InChI=1S/C36H49N3O8S2/c1-36(2,3)38-34(41)29-22-27(47-4)19-18-26(29)21-32(40)30(20-24-12-7-6-8-13-24)37-35(42)31(39-48(5,43)44)23-49(45,46)33-17-11-15-25-14-9-10-16-28(25)33/h6-17,26-27,29-32,39-40H,18-23H2,1-5H3,(H,37,42)(H,38,41). The van der Waals surface area contributed by atoms with Crippen molar-refractivity contribution in [3.05, 3.63) is 78.4 Å². The summed E-state index contributed by atoms with van der Waals surface area (Å²) in [6, 6.07) is 18.2. The van der Waals surface area contributed by atoms with Gasteiger partial charge in [0.15, 0.2) is 9.84 Å². The summed E-state index contributed by atoms with van der Waals surface area (Å²) in [5.41, 5.74) is 0.339. The molecule has 3 aromatic carbocycles. The van der Waals surface area contributed by atoms with Crippen molar-refractivity contribution in [1.29, 1.82) is 0 Å². The maximum atomic E-state index is 13.9. The van der Waals surface area contributed by atoms with E-state index in [0.717, 1.165) is 11.8 Å². The number of nitrogens with one attached hydrogen (secondary N) is 3. The largest absolute Gasteiger partial charge is 0.391 e. The summed E-state index contributed by atoms with van der Waals surface area (Å²) >= 11 is 0. The Hall–Kier alpha value is -3.36. The van der Waals surface area contributed by atoms with Crippen molar-refractivity contribution in [2.75, 3.05) is 19.1 Å². The molecule has 1 saturated carbocycles. The van der Waals surface area contributed by atoms with Gasteiger partial charge >= 0.3 is 0 Å². The Morgan fingerprint density at radius 1 is 0.939 bits per heavy atom. The second-order valence-corrected chi connectivity index (χ2v) is 17.9. The quantitative estimate of drug-likeness (QED) is 0.197.